The van der Waals surface area contributed by atoms with Crippen molar-refractivity contribution in [3.63, 3.8) is 0 Å². The van der Waals surface area contributed by atoms with Crippen LogP contribution < -0.4 is 10.2 Å². The molecule has 0 saturated carbocycles. The third-order valence-corrected chi connectivity index (χ3v) is 4.21. The molecule has 0 amide bonds. The summed E-state index contributed by atoms with van der Waals surface area (Å²) >= 11 is 12.3. The maximum Gasteiger partial charge on any atom is 0.272 e. The summed E-state index contributed by atoms with van der Waals surface area (Å²) in [5, 5.41) is 14.7. The van der Waals surface area contributed by atoms with Crippen LogP contribution in [0.3, 0.4) is 0 Å². The lowest BCUT2D eigenvalue weighted by atomic mass is 9.96. The number of piperidine rings is 1. The minimum atomic E-state index is -0.485. The van der Waals surface area contributed by atoms with Crippen molar-refractivity contribution in [2.24, 2.45) is 5.92 Å². The van der Waals surface area contributed by atoms with Crippen LogP contribution in [-0.2, 0) is 0 Å². The van der Waals surface area contributed by atoms with E-state index in [4.69, 9.17) is 23.2 Å². The maximum absolute atomic E-state index is 10.8. The van der Waals surface area contributed by atoms with Gasteiger partial charge in [0.25, 0.3) is 5.69 Å². The van der Waals surface area contributed by atoms with Crippen LogP contribution in [0.15, 0.2) is 12.1 Å². The molecule has 7 heteroatoms. The topological polar surface area (TPSA) is 58.4 Å². The van der Waals surface area contributed by atoms with Gasteiger partial charge >= 0.3 is 0 Å². The van der Waals surface area contributed by atoms with Gasteiger partial charge in [0, 0.05) is 25.2 Å². The van der Waals surface area contributed by atoms with Crippen LogP contribution in [0.25, 0.3) is 0 Å². The second kappa shape index (κ2) is 6.61. The van der Waals surface area contributed by atoms with E-state index in [0.717, 1.165) is 32.5 Å². The van der Waals surface area contributed by atoms with E-state index < -0.39 is 4.92 Å². The number of nitro benzene ring substituents is 1. The SMILES string of the molecule is CNCC1CCN(c2c(Cl)cc([N+](=O)[O-])cc2Cl)CC1. The summed E-state index contributed by atoms with van der Waals surface area (Å²) in [6.07, 6.45) is 2.12. The van der Waals surface area contributed by atoms with Crippen LogP contribution in [0.4, 0.5) is 11.4 Å². The van der Waals surface area contributed by atoms with Crippen molar-refractivity contribution in [3.8, 4) is 0 Å². The van der Waals surface area contributed by atoms with Crippen molar-refractivity contribution in [2.45, 2.75) is 12.8 Å². The molecule has 5 nitrogen and oxygen atoms in total. The van der Waals surface area contributed by atoms with Gasteiger partial charge in [-0.1, -0.05) is 23.2 Å². The van der Waals surface area contributed by atoms with E-state index in [9.17, 15) is 10.1 Å². The van der Waals surface area contributed by atoms with Gasteiger partial charge in [0.2, 0.25) is 0 Å². The van der Waals surface area contributed by atoms with Crippen molar-refractivity contribution >= 4 is 34.6 Å². The van der Waals surface area contributed by atoms with E-state index in [-0.39, 0.29) is 5.69 Å². The predicted molar refractivity (Wildman–Crippen MR) is 82.0 cm³/mol. The molecule has 0 aromatic heterocycles. The van der Waals surface area contributed by atoms with E-state index in [1.807, 2.05) is 7.05 Å². The average molecular weight is 318 g/mol. The van der Waals surface area contributed by atoms with E-state index in [1.165, 1.54) is 12.1 Å². The number of rotatable bonds is 4. The van der Waals surface area contributed by atoms with Gasteiger partial charge in [-0.15, -0.1) is 0 Å². The number of nitro groups is 1. The summed E-state index contributed by atoms with van der Waals surface area (Å²) < 4.78 is 0. The van der Waals surface area contributed by atoms with Crippen LogP contribution >= 0.6 is 23.2 Å². The molecule has 0 aliphatic carbocycles. The first kappa shape index (κ1) is 15.4. The average Bonchev–Trinajstić information content (AvgIpc) is 2.40. The normalized spacial score (nSPS) is 16.4. The first-order valence-electron chi connectivity index (χ1n) is 6.56. The van der Waals surface area contributed by atoms with Crippen LogP contribution in [0.1, 0.15) is 12.8 Å². The summed E-state index contributed by atoms with van der Waals surface area (Å²) in [5.74, 6) is 0.659. The van der Waals surface area contributed by atoms with Gasteiger partial charge in [-0.25, -0.2) is 0 Å². The Morgan fingerprint density at radius 1 is 1.35 bits per heavy atom. The molecule has 110 valence electrons. The van der Waals surface area contributed by atoms with Crippen molar-refractivity contribution in [3.05, 3.63) is 32.3 Å². The molecule has 1 saturated heterocycles. The zero-order valence-corrected chi connectivity index (χ0v) is 12.7. The Morgan fingerprint density at radius 2 is 1.90 bits per heavy atom. The van der Waals surface area contributed by atoms with Crippen molar-refractivity contribution in [2.75, 3.05) is 31.6 Å². The number of nitrogens with one attached hydrogen (secondary N) is 1. The Kier molecular flexibility index (Phi) is 5.07. The molecular weight excluding hydrogens is 301 g/mol. The summed E-state index contributed by atoms with van der Waals surface area (Å²) in [6, 6.07) is 2.73. The van der Waals surface area contributed by atoms with Gasteiger partial charge in [-0.3, -0.25) is 10.1 Å². The van der Waals surface area contributed by atoms with Gasteiger partial charge < -0.3 is 10.2 Å². The predicted octanol–water partition coefficient (Wildman–Crippen LogP) is 3.34. The van der Waals surface area contributed by atoms with E-state index in [2.05, 4.69) is 10.2 Å². The highest BCUT2D eigenvalue weighted by Crippen LogP contribution is 2.38. The Hall–Kier alpha value is -1.04. The molecule has 1 N–H and O–H groups in total. The lowest BCUT2D eigenvalue weighted by Gasteiger charge is -2.34. The zero-order valence-electron chi connectivity index (χ0n) is 11.2. The Labute approximate surface area is 128 Å². The molecule has 1 aliphatic heterocycles. The second-order valence-electron chi connectivity index (χ2n) is 5.00. The van der Waals surface area contributed by atoms with E-state index in [0.29, 0.717) is 21.7 Å². The number of anilines is 1. The highest BCUT2D eigenvalue weighted by molar-refractivity contribution is 6.39. The van der Waals surface area contributed by atoms with Crippen LogP contribution in [0, 0.1) is 16.0 Å². The fourth-order valence-corrected chi connectivity index (χ4v) is 3.32. The molecule has 1 fully saturated rings. The molecule has 0 atom stereocenters. The summed E-state index contributed by atoms with van der Waals surface area (Å²) in [5.41, 5.74) is 0.635. The molecule has 1 aliphatic rings. The molecule has 1 heterocycles. The van der Waals surface area contributed by atoms with Crippen molar-refractivity contribution in [1.29, 1.82) is 0 Å². The number of non-ortho nitro benzene ring substituents is 1. The molecule has 20 heavy (non-hydrogen) atoms. The molecule has 0 bridgehead atoms. The van der Waals surface area contributed by atoms with Crippen LogP contribution in [-0.4, -0.2) is 31.6 Å². The third-order valence-electron chi connectivity index (χ3n) is 3.64. The van der Waals surface area contributed by atoms with Crippen molar-refractivity contribution < 1.29 is 4.92 Å². The fraction of sp³-hybridized carbons (Fsp3) is 0.538. The minimum Gasteiger partial charge on any atom is -0.369 e. The maximum atomic E-state index is 10.8. The summed E-state index contributed by atoms with van der Waals surface area (Å²) in [7, 11) is 1.95. The van der Waals surface area contributed by atoms with Gasteiger partial charge in [-0.2, -0.15) is 0 Å². The molecule has 2 rings (SSSR count). The lowest BCUT2D eigenvalue weighted by molar-refractivity contribution is -0.384. The standard InChI is InChI=1S/C13H17Cl2N3O2/c1-16-8-9-2-4-17(5-3-9)13-11(14)6-10(18(19)20)7-12(13)15/h6-7,9,16H,2-5,8H2,1H3. The molecule has 0 spiro atoms. The number of nitrogens with zero attached hydrogens (tertiary/aromatic N) is 2. The largest absolute Gasteiger partial charge is 0.369 e. The van der Waals surface area contributed by atoms with E-state index >= 15 is 0 Å². The Bertz CT molecular complexity index is 479. The highest BCUT2D eigenvalue weighted by atomic mass is 35.5. The third kappa shape index (κ3) is 3.34. The molecule has 1 aromatic carbocycles. The minimum absolute atomic E-state index is 0.0752. The number of benzene rings is 1. The zero-order chi connectivity index (χ0) is 14.7. The Morgan fingerprint density at radius 3 is 2.35 bits per heavy atom. The highest BCUT2D eigenvalue weighted by Gasteiger charge is 2.24. The number of halogens is 2. The van der Waals surface area contributed by atoms with Gasteiger partial charge in [0.05, 0.1) is 20.7 Å². The first-order chi connectivity index (χ1) is 9.52. The summed E-state index contributed by atoms with van der Waals surface area (Å²) in [4.78, 5) is 12.4. The first-order valence-corrected chi connectivity index (χ1v) is 7.31. The van der Waals surface area contributed by atoms with Crippen molar-refractivity contribution in [1.82, 2.24) is 5.32 Å². The second-order valence-corrected chi connectivity index (χ2v) is 5.82. The monoisotopic (exact) mass is 317 g/mol. The Balaban J connectivity index is 2.16. The lowest BCUT2D eigenvalue weighted by Crippen LogP contribution is -2.37. The van der Waals surface area contributed by atoms with Crippen LogP contribution in [0.2, 0.25) is 10.0 Å². The molecule has 1 aromatic rings. The fourth-order valence-electron chi connectivity index (χ4n) is 2.61. The van der Waals surface area contributed by atoms with E-state index in [1.54, 1.807) is 0 Å². The number of hydrogen-bond acceptors (Lipinski definition) is 4. The molecule has 0 radical (unpaired) electrons. The number of hydrogen-bond donors (Lipinski definition) is 1. The van der Waals surface area contributed by atoms with Gasteiger partial charge in [0.1, 0.15) is 0 Å². The quantitative estimate of drug-likeness (QED) is 0.683. The summed E-state index contributed by atoms with van der Waals surface area (Å²) in [6.45, 7) is 2.74. The molecule has 0 unspecified atom stereocenters. The smallest absolute Gasteiger partial charge is 0.272 e. The van der Waals surface area contributed by atoms with Gasteiger partial charge in [-0.05, 0) is 32.4 Å². The van der Waals surface area contributed by atoms with Crippen LogP contribution in [0.5, 0.6) is 0 Å². The van der Waals surface area contributed by atoms with Gasteiger partial charge in [0.15, 0.2) is 0 Å². The molecular formula is C13H17Cl2N3O2.